The van der Waals surface area contributed by atoms with E-state index in [0.29, 0.717) is 0 Å². The van der Waals surface area contributed by atoms with Gasteiger partial charge in [-0.2, -0.15) is 0 Å². The number of ether oxygens (including phenoxy) is 1. The van der Waals surface area contributed by atoms with E-state index in [0.717, 1.165) is 0 Å². The Bertz CT molecular complexity index is 191. The van der Waals surface area contributed by atoms with Crippen molar-refractivity contribution in [3.05, 3.63) is 0 Å². The number of fused-ring (bicyclic) bond motifs is 1. The lowest BCUT2D eigenvalue weighted by Crippen LogP contribution is -2.33. The van der Waals surface area contributed by atoms with Gasteiger partial charge in [-0.15, -0.1) is 0 Å². The van der Waals surface area contributed by atoms with Gasteiger partial charge in [-0.05, 0) is 0 Å². The van der Waals surface area contributed by atoms with Crippen LogP contribution < -0.4 is 0 Å². The first-order valence-electron chi connectivity index (χ1n) is 3.73. The third kappa shape index (κ3) is 0.854. The molecule has 1 aliphatic carbocycles. The zero-order valence-corrected chi connectivity index (χ0v) is 8.61. The summed E-state index contributed by atoms with van der Waals surface area (Å²) in [6, 6.07) is -0.0344. The van der Waals surface area contributed by atoms with Gasteiger partial charge in [0.05, 0.1) is 23.6 Å². The Hall–Kier alpha value is 0.675. The Morgan fingerprint density at radius 2 is 2.36 bits per heavy atom. The van der Waals surface area contributed by atoms with E-state index in [1.807, 2.05) is 37.8 Å². The van der Waals surface area contributed by atoms with Crippen molar-refractivity contribution in [1.82, 2.24) is 0 Å². The monoisotopic (exact) mass is 268 g/mol. The van der Waals surface area contributed by atoms with Gasteiger partial charge in [-0.3, -0.25) is 0 Å². The quantitative estimate of drug-likeness (QED) is 0.512. The second kappa shape index (κ2) is 2.34. The van der Waals surface area contributed by atoms with E-state index in [4.69, 9.17) is 7.80 Å². The molecule has 0 spiro atoms. The van der Waals surface area contributed by atoms with Crippen molar-refractivity contribution in [3.63, 3.8) is 0 Å². The molecular formula is C6H10BIO3. The molecule has 62 valence electrons. The van der Waals surface area contributed by atoms with Crippen LogP contribution in [0, 0.1) is 5.41 Å². The van der Waals surface area contributed by atoms with Crippen LogP contribution in [-0.2, 0) is 7.80 Å². The summed E-state index contributed by atoms with van der Waals surface area (Å²) < 4.78 is 10.6. The van der Waals surface area contributed by atoms with Crippen LogP contribution in [0.5, 0.6) is 0 Å². The second-order valence-electron chi connectivity index (χ2n) is 3.58. The Labute approximate surface area is 80.5 Å². The molecule has 1 saturated carbocycles. The fraction of sp³-hybridized carbons (Fsp3) is 1.00. The SMILES string of the molecule is BC1OC2C(OI)C2(C)C1O. The van der Waals surface area contributed by atoms with E-state index in [2.05, 4.69) is 0 Å². The maximum absolute atomic E-state index is 9.66. The van der Waals surface area contributed by atoms with Gasteiger partial charge in [0, 0.05) is 0 Å². The third-order valence-electron chi connectivity index (χ3n) is 2.93. The summed E-state index contributed by atoms with van der Waals surface area (Å²) >= 11 is 1.86. The van der Waals surface area contributed by atoms with Crippen LogP contribution in [0.25, 0.3) is 0 Å². The highest BCUT2D eigenvalue weighted by atomic mass is 127. The van der Waals surface area contributed by atoms with E-state index in [1.165, 1.54) is 0 Å². The number of hydrogen-bond acceptors (Lipinski definition) is 3. The smallest absolute Gasteiger partial charge is 0.142 e. The normalized spacial score (nSPS) is 61.0. The van der Waals surface area contributed by atoms with Crippen molar-refractivity contribution in [2.75, 3.05) is 0 Å². The number of hydrogen-bond donors (Lipinski definition) is 1. The van der Waals surface area contributed by atoms with Crippen molar-refractivity contribution in [1.29, 1.82) is 0 Å². The van der Waals surface area contributed by atoms with Crippen molar-refractivity contribution >= 4 is 30.9 Å². The minimum absolute atomic E-state index is 0.0344. The van der Waals surface area contributed by atoms with Gasteiger partial charge in [-0.1, -0.05) is 6.92 Å². The molecular weight excluding hydrogens is 258 g/mol. The highest BCUT2D eigenvalue weighted by Crippen LogP contribution is 2.59. The lowest BCUT2D eigenvalue weighted by atomic mass is 9.87. The van der Waals surface area contributed by atoms with E-state index in [9.17, 15) is 5.11 Å². The molecule has 0 radical (unpaired) electrons. The molecule has 0 amide bonds. The first-order chi connectivity index (χ1) is 5.12. The van der Waals surface area contributed by atoms with Crippen LogP contribution in [0.3, 0.4) is 0 Å². The molecule has 3 nitrogen and oxygen atoms in total. The summed E-state index contributed by atoms with van der Waals surface area (Å²) in [4.78, 5) is 0. The van der Waals surface area contributed by atoms with Gasteiger partial charge >= 0.3 is 0 Å². The first-order valence-corrected chi connectivity index (χ1v) is 4.61. The molecule has 1 heterocycles. The van der Waals surface area contributed by atoms with Gasteiger partial charge in [-0.25, -0.2) is 0 Å². The Kier molecular flexibility index (Phi) is 1.76. The van der Waals surface area contributed by atoms with Crippen molar-refractivity contribution < 1.29 is 12.9 Å². The number of rotatable bonds is 1. The highest BCUT2D eigenvalue weighted by Gasteiger charge is 2.73. The Morgan fingerprint density at radius 1 is 1.73 bits per heavy atom. The third-order valence-corrected chi connectivity index (χ3v) is 3.48. The number of aliphatic hydroxyl groups excluding tert-OH is 1. The maximum Gasteiger partial charge on any atom is 0.142 e. The van der Waals surface area contributed by atoms with Gasteiger partial charge in [0.25, 0.3) is 0 Å². The van der Waals surface area contributed by atoms with E-state index in [1.54, 1.807) is 0 Å². The molecule has 2 aliphatic rings. The molecule has 0 aromatic carbocycles. The average molecular weight is 268 g/mol. The minimum atomic E-state index is -0.368. The lowest BCUT2D eigenvalue weighted by molar-refractivity contribution is 0.0159. The maximum atomic E-state index is 9.66. The first kappa shape index (κ1) is 8.28. The van der Waals surface area contributed by atoms with Crippen LogP contribution in [0.15, 0.2) is 0 Å². The van der Waals surface area contributed by atoms with Gasteiger partial charge in [0.2, 0.25) is 0 Å². The topological polar surface area (TPSA) is 38.7 Å². The fourth-order valence-electron chi connectivity index (χ4n) is 1.96. The van der Waals surface area contributed by atoms with Crippen molar-refractivity contribution in [2.45, 2.75) is 31.2 Å². The molecule has 1 N–H and O–H groups in total. The molecule has 2 fully saturated rings. The zero-order valence-electron chi connectivity index (χ0n) is 6.45. The minimum Gasteiger partial charge on any atom is -0.390 e. The molecule has 11 heavy (non-hydrogen) atoms. The molecule has 5 heteroatoms. The molecule has 1 aliphatic heterocycles. The van der Waals surface area contributed by atoms with Crippen molar-refractivity contribution in [2.24, 2.45) is 5.41 Å². The molecule has 2 rings (SSSR count). The van der Waals surface area contributed by atoms with E-state index < -0.39 is 0 Å². The lowest BCUT2D eigenvalue weighted by Gasteiger charge is -2.18. The summed E-state index contributed by atoms with van der Waals surface area (Å²) in [5.41, 5.74) is -0.138. The molecule has 1 saturated heterocycles. The Morgan fingerprint density at radius 3 is 2.73 bits per heavy atom. The zero-order chi connectivity index (χ0) is 8.22. The van der Waals surface area contributed by atoms with E-state index in [-0.39, 0.29) is 29.7 Å². The number of halogens is 1. The summed E-state index contributed by atoms with van der Waals surface area (Å²) in [6.07, 6.45) is -0.161. The predicted octanol–water partition coefficient (Wildman–Crippen LogP) is -0.540. The largest absolute Gasteiger partial charge is 0.390 e. The molecule has 0 aromatic rings. The summed E-state index contributed by atoms with van der Waals surface area (Å²) in [6.45, 7) is 2.01. The average Bonchev–Trinajstić information content (AvgIpc) is 2.48. The van der Waals surface area contributed by atoms with Crippen LogP contribution in [-0.4, -0.2) is 37.3 Å². The van der Waals surface area contributed by atoms with Crippen LogP contribution in [0.1, 0.15) is 6.92 Å². The molecule has 0 aromatic heterocycles. The van der Waals surface area contributed by atoms with Crippen LogP contribution in [0.4, 0.5) is 0 Å². The predicted molar refractivity (Wildman–Crippen MR) is 50.2 cm³/mol. The highest BCUT2D eigenvalue weighted by molar-refractivity contribution is 14.1. The van der Waals surface area contributed by atoms with Gasteiger partial charge < -0.3 is 12.9 Å². The standard InChI is InChI=1S/C6H10BIO3/c1-6-2(9)5(7)10-3(6)4(6)11-8/h2-5,9H,7H2,1H3. The molecule has 5 atom stereocenters. The fourth-order valence-corrected chi connectivity index (χ4v) is 2.78. The molecule has 0 bridgehead atoms. The van der Waals surface area contributed by atoms with Gasteiger partial charge in [0.1, 0.15) is 37.0 Å². The Balaban J connectivity index is 2.14. The summed E-state index contributed by atoms with van der Waals surface area (Å²) in [7, 11) is 1.90. The molecule has 5 unspecified atom stereocenters. The number of aliphatic hydroxyl groups is 1. The summed E-state index contributed by atoms with van der Waals surface area (Å²) in [5.74, 6) is 0. The van der Waals surface area contributed by atoms with E-state index >= 15 is 0 Å². The van der Waals surface area contributed by atoms with Gasteiger partial charge in [0.15, 0.2) is 0 Å². The van der Waals surface area contributed by atoms with Crippen LogP contribution in [0.2, 0.25) is 0 Å². The second-order valence-corrected chi connectivity index (χ2v) is 4.09. The van der Waals surface area contributed by atoms with Crippen LogP contribution >= 0.6 is 23.0 Å². The summed E-state index contributed by atoms with van der Waals surface area (Å²) in [5, 5.41) is 9.66. The van der Waals surface area contributed by atoms with Crippen molar-refractivity contribution in [3.8, 4) is 0 Å².